The molecule has 0 spiro atoms. The Morgan fingerprint density at radius 1 is 1.32 bits per heavy atom. The number of benzene rings is 1. The fourth-order valence-corrected chi connectivity index (χ4v) is 4.12. The highest BCUT2D eigenvalue weighted by atomic mass is 35.5. The largest absolute Gasteiger partial charge is 0.462 e. The number of aromatic nitrogens is 1. The van der Waals surface area contributed by atoms with Crippen molar-refractivity contribution in [2.24, 2.45) is 0 Å². The summed E-state index contributed by atoms with van der Waals surface area (Å²) in [5, 5.41) is 1.74. The average Bonchev–Trinajstić information content (AvgIpc) is 2.96. The van der Waals surface area contributed by atoms with E-state index in [1.807, 2.05) is 32.0 Å². The average molecular weight is 380 g/mol. The SMILES string of the molecule is CCOC(=O)c1sc(CN2CCN(c3cccc(Cl)c3)CC2)nc1C. The first-order valence-corrected chi connectivity index (χ1v) is 9.62. The second-order valence-electron chi connectivity index (χ2n) is 5.99. The monoisotopic (exact) mass is 379 g/mol. The predicted octanol–water partition coefficient (Wildman–Crippen LogP) is 3.60. The van der Waals surface area contributed by atoms with Gasteiger partial charge in [-0.3, -0.25) is 4.90 Å². The van der Waals surface area contributed by atoms with Crippen LogP contribution in [0.5, 0.6) is 0 Å². The zero-order valence-electron chi connectivity index (χ0n) is 14.5. The molecule has 1 fully saturated rings. The Morgan fingerprint density at radius 2 is 2.08 bits per heavy atom. The normalized spacial score (nSPS) is 15.4. The molecule has 5 nitrogen and oxygen atoms in total. The molecule has 0 unspecified atom stereocenters. The van der Waals surface area contributed by atoms with Crippen molar-refractivity contribution in [1.82, 2.24) is 9.88 Å². The summed E-state index contributed by atoms with van der Waals surface area (Å²) < 4.78 is 5.09. The number of thiazole rings is 1. The summed E-state index contributed by atoms with van der Waals surface area (Å²) in [6.07, 6.45) is 0. The minimum absolute atomic E-state index is 0.269. The molecule has 25 heavy (non-hydrogen) atoms. The number of carbonyl (C=O) groups is 1. The van der Waals surface area contributed by atoms with E-state index in [1.54, 1.807) is 0 Å². The summed E-state index contributed by atoms with van der Waals surface area (Å²) >= 11 is 7.53. The van der Waals surface area contributed by atoms with E-state index >= 15 is 0 Å². The number of anilines is 1. The maximum Gasteiger partial charge on any atom is 0.350 e. The molecule has 0 radical (unpaired) electrons. The topological polar surface area (TPSA) is 45.7 Å². The molecule has 0 N–H and O–H groups in total. The summed E-state index contributed by atoms with van der Waals surface area (Å²) in [5.41, 5.74) is 1.93. The number of carbonyl (C=O) groups excluding carboxylic acids is 1. The van der Waals surface area contributed by atoms with Gasteiger partial charge in [0.1, 0.15) is 9.88 Å². The van der Waals surface area contributed by atoms with Crippen LogP contribution in [0.15, 0.2) is 24.3 Å². The van der Waals surface area contributed by atoms with Gasteiger partial charge in [0.15, 0.2) is 0 Å². The number of rotatable bonds is 5. The van der Waals surface area contributed by atoms with Crippen LogP contribution < -0.4 is 4.90 Å². The third-order valence-corrected chi connectivity index (χ3v) is 5.56. The number of piperazine rings is 1. The smallest absolute Gasteiger partial charge is 0.350 e. The van der Waals surface area contributed by atoms with E-state index in [0.29, 0.717) is 11.5 Å². The van der Waals surface area contributed by atoms with Crippen LogP contribution in [0.2, 0.25) is 5.02 Å². The molecule has 0 aliphatic carbocycles. The van der Waals surface area contributed by atoms with Crippen molar-refractivity contribution in [3.63, 3.8) is 0 Å². The molecule has 1 aliphatic heterocycles. The first kappa shape index (κ1) is 18.2. The van der Waals surface area contributed by atoms with Gasteiger partial charge in [0.05, 0.1) is 18.8 Å². The Hall–Kier alpha value is -1.63. The Bertz CT molecular complexity index is 742. The Balaban J connectivity index is 1.57. The van der Waals surface area contributed by atoms with E-state index in [2.05, 4.69) is 20.9 Å². The molecule has 1 aromatic carbocycles. The molecule has 2 aromatic rings. The van der Waals surface area contributed by atoms with Crippen LogP contribution >= 0.6 is 22.9 Å². The number of aryl methyl sites for hydroxylation is 1. The van der Waals surface area contributed by atoms with Crippen molar-refractivity contribution in [3.05, 3.63) is 44.9 Å². The molecule has 3 rings (SSSR count). The molecule has 0 saturated carbocycles. The van der Waals surface area contributed by atoms with Crippen LogP contribution in [-0.2, 0) is 11.3 Å². The molecule has 0 bridgehead atoms. The van der Waals surface area contributed by atoms with Gasteiger partial charge in [-0.15, -0.1) is 11.3 Å². The number of nitrogens with zero attached hydrogens (tertiary/aromatic N) is 3. The first-order chi connectivity index (χ1) is 12.1. The zero-order valence-corrected chi connectivity index (χ0v) is 16.1. The fourth-order valence-electron chi connectivity index (χ4n) is 2.93. The Labute approximate surface area is 157 Å². The lowest BCUT2D eigenvalue weighted by Gasteiger charge is -2.35. The van der Waals surface area contributed by atoms with Crippen molar-refractivity contribution < 1.29 is 9.53 Å². The van der Waals surface area contributed by atoms with Gasteiger partial charge in [-0.25, -0.2) is 9.78 Å². The molecule has 134 valence electrons. The van der Waals surface area contributed by atoms with E-state index in [4.69, 9.17) is 16.3 Å². The van der Waals surface area contributed by atoms with Gasteiger partial charge in [-0.1, -0.05) is 17.7 Å². The molecule has 0 amide bonds. The van der Waals surface area contributed by atoms with E-state index in [1.165, 1.54) is 17.0 Å². The van der Waals surface area contributed by atoms with Crippen LogP contribution in [0, 0.1) is 6.92 Å². The van der Waals surface area contributed by atoms with Crippen molar-refractivity contribution in [2.75, 3.05) is 37.7 Å². The lowest BCUT2D eigenvalue weighted by molar-refractivity contribution is 0.0531. The van der Waals surface area contributed by atoms with Gasteiger partial charge < -0.3 is 9.64 Å². The number of hydrogen-bond acceptors (Lipinski definition) is 6. The quantitative estimate of drug-likeness (QED) is 0.743. The third-order valence-electron chi connectivity index (χ3n) is 4.21. The number of esters is 1. The van der Waals surface area contributed by atoms with Crippen molar-refractivity contribution in [2.45, 2.75) is 20.4 Å². The number of halogens is 1. The minimum Gasteiger partial charge on any atom is -0.462 e. The van der Waals surface area contributed by atoms with E-state index in [0.717, 1.165) is 48.4 Å². The highest BCUT2D eigenvalue weighted by Crippen LogP contribution is 2.23. The molecule has 7 heteroatoms. The zero-order chi connectivity index (χ0) is 17.8. The van der Waals surface area contributed by atoms with Gasteiger partial charge >= 0.3 is 5.97 Å². The van der Waals surface area contributed by atoms with E-state index in [-0.39, 0.29) is 5.97 Å². The second kappa shape index (κ2) is 8.17. The molecule has 1 saturated heterocycles. The van der Waals surface area contributed by atoms with Gasteiger partial charge in [-0.05, 0) is 32.0 Å². The third kappa shape index (κ3) is 4.51. The summed E-state index contributed by atoms with van der Waals surface area (Å²) in [6, 6.07) is 7.98. The number of ether oxygens (including phenoxy) is 1. The Kier molecular flexibility index (Phi) is 5.93. The van der Waals surface area contributed by atoms with Crippen molar-refractivity contribution >= 4 is 34.6 Å². The summed E-state index contributed by atoms with van der Waals surface area (Å²) in [4.78, 5) is 21.8. The lowest BCUT2D eigenvalue weighted by Crippen LogP contribution is -2.45. The van der Waals surface area contributed by atoms with Crippen molar-refractivity contribution in [3.8, 4) is 0 Å². The summed E-state index contributed by atoms with van der Waals surface area (Å²) in [7, 11) is 0. The molecule has 1 aliphatic rings. The maximum atomic E-state index is 11.9. The van der Waals surface area contributed by atoms with Gasteiger partial charge in [0.25, 0.3) is 0 Å². The fraction of sp³-hybridized carbons (Fsp3) is 0.444. The second-order valence-corrected chi connectivity index (χ2v) is 7.51. The Morgan fingerprint density at radius 3 is 2.76 bits per heavy atom. The maximum absolute atomic E-state index is 11.9. The van der Waals surface area contributed by atoms with Crippen LogP contribution in [0.25, 0.3) is 0 Å². The molecular formula is C18H22ClN3O2S. The van der Waals surface area contributed by atoms with Crippen molar-refractivity contribution in [1.29, 1.82) is 0 Å². The highest BCUT2D eigenvalue weighted by Gasteiger charge is 2.21. The van der Waals surface area contributed by atoms with Crippen LogP contribution in [-0.4, -0.2) is 48.6 Å². The molecule has 1 aromatic heterocycles. The van der Waals surface area contributed by atoms with E-state index in [9.17, 15) is 4.79 Å². The highest BCUT2D eigenvalue weighted by molar-refractivity contribution is 7.13. The lowest BCUT2D eigenvalue weighted by atomic mass is 10.2. The summed E-state index contributed by atoms with van der Waals surface area (Å²) in [5.74, 6) is -0.269. The van der Waals surface area contributed by atoms with Gasteiger partial charge in [-0.2, -0.15) is 0 Å². The molecule has 2 heterocycles. The summed E-state index contributed by atoms with van der Waals surface area (Å²) in [6.45, 7) is 8.66. The predicted molar refractivity (Wildman–Crippen MR) is 102 cm³/mol. The van der Waals surface area contributed by atoms with E-state index < -0.39 is 0 Å². The first-order valence-electron chi connectivity index (χ1n) is 8.43. The van der Waals surface area contributed by atoms with Crippen LogP contribution in [0.1, 0.15) is 27.3 Å². The minimum atomic E-state index is -0.269. The molecular weight excluding hydrogens is 358 g/mol. The van der Waals surface area contributed by atoms with Crippen LogP contribution in [0.3, 0.4) is 0 Å². The van der Waals surface area contributed by atoms with Crippen LogP contribution in [0.4, 0.5) is 5.69 Å². The molecule has 0 atom stereocenters. The standard InChI is InChI=1S/C18H22ClN3O2S/c1-3-24-18(23)17-13(2)20-16(25-17)12-21-7-9-22(10-8-21)15-6-4-5-14(19)11-15/h4-6,11H,3,7-10,12H2,1-2H3. The number of hydrogen-bond donors (Lipinski definition) is 0. The van der Waals surface area contributed by atoms with Gasteiger partial charge in [0, 0.05) is 36.9 Å². The van der Waals surface area contributed by atoms with Gasteiger partial charge in [0.2, 0.25) is 0 Å².